The van der Waals surface area contributed by atoms with Gasteiger partial charge in [-0.3, -0.25) is 36.9 Å². The molecule has 1 fully saturated rings. The van der Waals surface area contributed by atoms with Crippen molar-refractivity contribution >= 4 is 117 Å². The zero-order valence-electron chi connectivity index (χ0n) is 43.4. The third-order valence-corrected chi connectivity index (χ3v) is 19.1. The molecular weight excluding hydrogens is 1190 g/mol. The van der Waals surface area contributed by atoms with Crippen molar-refractivity contribution in [2.45, 2.75) is 109 Å². The number of amides is 2. The maximum absolute atomic E-state index is 12.8. The molecule has 25 nitrogen and oxygen atoms in total. The molecule has 0 aliphatic carbocycles. The molecule has 31 heteroatoms. The van der Waals surface area contributed by atoms with Crippen LogP contribution in [0.25, 0.3) is 21.5 Å². The van der Waals surface area contributed by atoms with Gasteiger partial charge in [-0.2, -0.15) is 55.1 Å². The molecule has 3 aliphatic heterocycles. The lowest BCUT2D eigenvalue weighted by atomic mass is 9.75. The Labute approximate surface area is 467 Å². The first kappa shape index (κ1) is 62.5. The summed E-state index contributed by atoms with van der Waals surface area (Å²) in [5.74, 6) is -3.52. The molecule has 0 spiro atoms. The van der Waals surface area contributed by atoms with E-state index in [1.165, 1.54) is 24.3 Å². The van der Waals surface area contributed by atoms with Crippen molar-refractivity contribution in [3.63, 3.8) is 0 Å². The Balaban J connectivity index is 1.29. The number of fused-ring (bicyclic) bond motifs is 6. The number of benzene rings is 4. The fourth-order valence-corrected chi connectivity index (χ4v) is 14.3. The summed E-state index contributed by atoms with van der Waals surface area (Å²) in [5, 5.41) is 0.166. The number of unbranched alkanes of at least 4 members (excludes halogenated alkanes) is 2. The van der Waals surface area contributed by atoms with Crippen molar-refractivity contribution in [2.24, 2.45) is 0 Å². The lowest BCUT2D eigenvalue weighted by Gasteiger charge is -2.31. The largest absolute Gasteiger partial charge is 0.344 e. The predicted octanol–water partition coefficient (Wildman–Crippen LogP) is 5.80. The molecule has 3 aliphatic rings. The quantitative estimate of drug-likeness (QED) is 0.0168. The summed E-state index contributed by atoms with van der Waals surface area (Å²) in [5.41, 5.74) is -0.177. The van der Waals surface area contributed by atoms with Gasteiger partial charge in [-0.25, -0.2) is 4.79 Å². The first-order valence-corrected chi connectivity index (χ1v) is 33.6. The van der Waals surface area contributed by atoms with Gasteiger partial charge in [0.05, 0.1) is 26.7 Å². The van der Waals surface area contributed by atoms with E-state index in [9.17, 15) is 92.2 Å². The molecule has 1 atom stereocenters. The van der Waals surface area contributed by atoms with Gasteiger partial charge in [0.2, 0.25) is 5.69 Å². The van der Waals surface area contributed by atoms with Crippen molar-refractivity contribution < 1.29 is 102 Å². The first-order valence-electron chi connectivity index (χ1n) is 24.6. The van der Waals surface area contributed by atoms with E-state index in [4.69, 9.17) is 4.84 Å². The minimum atomic E-state index is -5.16. The van der Waals surface area contributed by atoms with E-state index in [0.717, 1.165) is 12.1 Å². The molecule has 0 radical (unpaired) electrons. The van der Waals surface area contributed by atoms with Crippen LogP contribution in [0.3, 0.4) is 0 Å². The minimum absolute atomic E-state index is 0.0175. The Kier molecular flexibility index (Phi) is 17.7. The van der Waals surface area contributed by atoms with Crippen molar-refractivity contribution in [3.8, 4) is 0 Å². The Morgan fingerprint density at radius 2 is 1.12 bits per heavy atom. The first-order chi connectivity index (χ1) is 37.3. The lowest BCUT2D eigenvalue weighted by molar-refractivity contribution is -0.437. The molecule has 6 N–H and O–H groups in total. The van der Waals surface area contributed by atoms with Gasteiger partial charge in [0.25, 0.3) is 72.5 Å². The van der Waals surface area contributed by atoms with E-state index in [-0.39, 0.29) is 79.6 Å². The monoisotopic (exact) mass is 1240 g/mol. The number of hydrogen-bond acceptors (Lipinski definition) is 17. The molecule has 4 aromatic rings. The van der Waals surface area contributed by atoms with Gasteiger partial charge in [-0.05, 0) is 98.8 Å². The van der Waals surface area contributed by atoms with Gasteiger partial charge in [-0.15, -0.1) is 5.06 Å². The average Bonchev–Trinajstić information content (AvgIpc) is 3.41. The van der Waals surface area contributed by atoms with Crippen LogP contribution in [0.2, 0.25) is 0 Å². The Morgan fingerprint density at radius 3 is 1.67 bits per heavy atom. The van der Waals surface area contributed by atoms with Crippen LogP contribution < -0.4 is 4.90 Å². The van der Waals surface area contributed by atoms with Crippen LogP contribution in [0, 0.1) is 0 Å². The van der Waals surface area contributed by atoms with Crippen molar-refractivity contribution in [2.75, 3.05) is 29.5 Å². The Morgan fingerprint density at radius 1 is 0.605 bits per heavy atom. The molecule has 3 heterocycles. The molecular formula is C50H56N3O22S6+. The smallest absolute Gasteiger partial charge is 0.333 e. The number of imide groups is 1. The number of hydroxylamine groups is 2. The minimum Gasteiger partial charge on any atom is -0.344 e. The van der Waals surface area contributed by atoms with E-state index in [2.05, 4.69) is 0 Å². The number of carbonyl (C=O) groups excluding carboxylic acids is 3. The van der Waals surface area contributed by atoms with Crippen molar-refractivity contribution in [1.82, 2.24) is 5.06 Å². The zero-order valence-corrected chi connectivity index (χ0v) is 48.3. The summed E-state index contributed by atoms with van der Waals surface area (Å²) in [6.07, 6.45) is 11.4. The maximum Gasteiger partial charge on any atom is 0.333 e. The molecule has 1 unspecified atom stereocenters. The molecule has 81 heavy (non-hydrogen) atoms. The number of rotatable bonds is 23. The Hall–Kier alpha value is -6.10. The molecule has 0 saturated carbocycles. The normalized spacial score (nSPS) is 18.8. The standard InChI is InChI=1S/C50H55N3O22S6/c1-49(2)42(51(24-12-26-76(57,58)59)38-19-17-34-36(47(38)49)28-32(78(63,64)65)30-40(34)80(69,70)71)14-8-5-4-6-9-15-43-50(3,23-11-7-10-16-46(56)75-53-44(54)21-22-45(53)55)48-37-29-33(79(66,67)68)31-41(81(72,73)74)35(37)18-20-39(48)52(43)25-13-27-77(60,61)62/h4-6,8-9,14-15,17-20,28-31H,7,10-13,16,21-27H2,1-3H3,(H5-,57,58,59,60,61,62,63,64,65,66,67,68,69,70,71,72,73,74)/p+1. The summed E-state index contributed by atoms with van der Waals surface area (Å²) < 4.78 is 210. The van der Waals surface area contributed by atoms with Gasteiger partial charge in [0, 0.05) is 77.5 Å². The van der Waals surface area contributed by atoms with Crippen LogP contribution >= 0.6 is 0 Å². The second kappa shape index (κ2) is 22.9. The van der Waals surface area contributed by atoms with Crippen LogP contribution in [0.15, 0.2) is 116 Å². The molecule has 7 rings (SSSR count). The molecule has 0 bridgehead atoms. The number of nitrogens with zero attached hydrogens (tertiary/aromatic N) is 3. The number of hydrogen-bond donors (Lipinski definition) is 6. The van der Waals surface area contributed by atoms with Crippen molar-refractivity contribution in [1.29, 1.82) is 0 Å². The van der Waals surface area contributed by atoms with Gasteiger partial charge in [0.1, 0.15) is 16.3 Å². The summed E-state index contributed by atoms with van der Waals surface area (Å²) in [6.45, 7) is 5.01. The highest BCUT2D eigenvalue weighted by Crippen LogP contribution is 2.54. The fraction of sp³-hybridized carbons (Fsp3) is 0.360. The summed E-state index contributed by atoms with van der Waals surface area (Å²) >= 11 is 0. The number of anilines is 1. The van der Waals surface area contributed by atoms with E-state index < -0.39 is 120 Å². The van der Waals surface area contributed by atoms with E-state index >= 15 is 0 Å². The topological polar surface area (TPSA) is 396 Å². The summed E-state index contributed by atoms with van der Waals surface area (Å²) in [6, 6.07) is 8.87. The van der Waals surface area contributed by atoms with Crippen molar-refractivity contribution in [3.05, 3.63) is 108 Å². The summed E-state index contributed by atoms with van der Waals surface area (Å²) in [7, 11) is -29.3. The highest BCUT2D eigenvalue weighted by atomic mass is 32.2. The molecule has 0 aromatic heterocycles. The second-order valence-electron chi connectivity index (χ2n) is 20.1. The number of carbonyl (C=O) groups is 3. The van der Waals surface area contributed by atoms with E-state index in [1.807, 2.05) is 0 Å². The second-order valence-corrected chi connectivity index (χ2v) is 28.8. The molecule has 1 saturated heterocycles. The fourth-order valence-electron chi connectivity index (χ4n) is 10.6. The molecule has 2 amide bonds. The molecule has 4 aromatic carbocycles. The third kappa shape index (κ3) is 13.9. The predicted molar refractivity (Wildman–Crippen MR) is 293 cm³/mol. The van der Waals surface area contributed by atoms with Gasteiger partial charge in [-0.1, -0.05) is 49.3 Å². The maximum atomic E-state index is 12.8. The highest BCUT2D eigenvalue weighted by molar-refractivity contribution is 7.87. The van der Waals surface area contributed by atoms with Gasteiger partial charge < -0.3 is 9.74 Å². The van der Waals surface area contributed by atoms with Gasteiger partial charge in [0.15, 0.2) is 5.71 Å². The molecule has 438 valence electrons. The van der Waals surface area contributed by atoms with E-state index in [0.29, 0.717) is 63.9 Å². The Bertz CT molecular complexity index is 4170. The third-order valence-electron chi connectivity index (χ3n) is 14.1. The van der Waals surface area contributed by atoms with Crippen LogP contribution in [0.4, 0.5) is 11.4 Å². The van der Waals surface area contributed by atoms with Crippen LogP contribution in [-0.2, 0) is 90.8 Å². The van der Waals surface area contributed by atoms with E-state index in [1.54, 1.807) is 72.8 Å². The highest BCUT2D eigenvalue weighted by Gasteiger charge is 2.47. The lowest BCUT2D eigenvalue weighted by Crippen LogP contribution is -2.32. The zero-order chi connectivity index (χ0) is 60.1. The van der Waals surface area contributed by atoms with Crippen LogP contribution in [0.1, 0.15) is 89.7 Å². The SMILES string of the molecule is CC1(C)C(/C=C/C=C/C=C/C=C2\N(CCCS(=O)(=O)O)c3ccc4c(S(=O)(=O)O)cc(S(=O)(=O)O)cc4c3C2(C)CCCCCC(=O)ON2C(=O)CCC2=O)=[N+](CCCS(=O)(=O)O)c2ccc3c(S(=O)(=O)O)cc(S(=O)(=O)O)cc3c21. The average molecular weight is 1240 g/mol. The van der Waals surface area contributed by atoms with Gasteiger partial charge >= 0.3 is 5.97 Å². The number of allylic oxidation sites excluding steroid dienone is 8. The van der Waals surface area contributed by atoms with Crippen LogP contribution in [0.5, 0.6) is 0 Å². The summed E-state index contributed by atoms with van der Waals surface area (Å²) in [4.78, 5) is 40.0. The van der Waals surface area contributed by atoms with Crippen LogP contribution in [-0.4, -0.2) is 136 Å².